The van der Waals surface area contributed by atoms with Crippen LogP contribution in [-0.4, -0.2) is 6.04 Å². The van der Waals surface area contributed by atoms with E-state index in [0.29, 0.717) is 0 Å². The minimum atomic E-state index is -0.0666. The van der Waals surface area contributed by atoms with E-state index in [2.05, 4.69) is 18.8 Å². The summed E-state index contributed by atoms with van der Waals surface area (Å²) in [6.45, 7) is 5.80. The monoisotopic (exact) mass is 205 g/mol. The Labute approximate surface area is 90.0 Å². The Morgan fingerprint density at radius 2 is 2.40 bits per heavy atom. The topological polar surface area (TPSA) is 12.0 Å². The molecule has 1 nitrogen and oxygen atoms in total. The van der Waals surface area contributed by atoms with Gasteiger partial charge < -0.3 is 5.32 Å². The number of nitrogens with one attached hydrogen (secondary N) is 1. The van der Waals surface area contributed by atoms with Gasteiger partial charge in [0.15, 0.2) is 0 Å². The van der Waals surface area contributed by atoms with Crippen molar-refractivity contribution in [1.82, 2.24) is 5.32 Å². The fourth-order valence-corrected chi connectivity index (χ4v) is 2.17. The van der Waals surface area contributed by atoms with Gasteiger partial charge in [-0.3, -0.25) is 0 Å². The second-order valence-electron chi connectivity index (χ2n) is 4.09. The molecule has 2 rings (SSSR count). The summed E-state index contributed by atoms with van der Waals surface area (Å²) < 4.78 is 13.4. The third-order valence-electron chi connectivity index (χ3n) is 3.03. The molecular formula is C13H16FN. The lowest BCUT2D eigenvalue weighted by Gasteiger charge is -2.17. The summed E-state index contributed by atoms with van der Waals surface area (Å²) in [4.78, 5) is 0. The van der Waals surface area contributed by atoms with Crippen molar-refractivity contribution in [2.75, 3.05) is 0 Å². The van der Waals surface area contributed by atoms with Gasteiger partial charge in [0.05, 0.1) is 0 Å². The number of hydrogen-bond donors (Lipinski definition) is 1. The average molecular weight is 205 g/mol. The molecule has 2 heteroatoms. The molecule has 0 aliphatic heterocycles. The first kappa shape index (κ1) is 10.4. The Bertz CT molecular complexity index is 373. The van der Waals surface area contributed by atoms with Gasteiger partial charge in [-0.15, -0.1) is 6.58 Å². The largest absolute Gasteiger partial charge is 0.304 e. The van der Waals surface area contributed by atoms with Crippen molar-refractivity contribution in [2.45, 2.75) is 31.8 Å². The molecule has 0 heterocycles. The first-order valence-electron chi connectivity index (χ1n) is 5.38. The molecule has 1 N–H and O–H groups in total. The summed E-state index contributed by atoms with van der Waals surface area (Å²) in [5, 5.41) is 3.43. The van der Waals surface area contributed by atoms with Crippen molar-refractivity contribution in [3.8, 4) is 0 Å². The van der Waals surface area contributed by atoms with Crippen LogP contribution in [0.3, 0.4) is 0 Å². The quantitative estimate of drug-likeness (QED) is 0.748. The zero-order valence-corrected chi connectivity index (χ0v) is 8.96. The summed E-state index contributed by atoms with van der Waals surface area (Å²) in [6.07, 6.45) is 3.69. The zero-order valence-electron chi connectivity index (χ0n) is 8.96. The van der Waals surface area contributed by atoms with Gasteiger partial charge in [0.2, 0.25) is 0 Å². The van der Waals surface area contributed by atoms with E-state index < -0.39 is 0 Å². The first-order chi connectivity index (χ1) is 7.22. The Morgan fingerprint density at radius 3 is 3.13 bits per heavy atom. The third kappa shape index (κ3) is 1.95. The van der Waals surface area contributed by atoms with Crippen LogP contribution in [0, 0.1) is 5.82 Å². The lowest BCUT2D eigenvalue weighted by molar-refractivity contribution is 0.500. The van der Waals surface area contributed by atoms with Gasteiger partial charge in [0.1, 0.15) is 5.82 Å². The third-order valence-corrected chi connectivity index (χ3v) is 3.03. The van der Waals surface area contributed by atoms with E-state index in [1.165, 1.54) is 6.07 Å². The summed E-state index contributed by atoms with van der Waals surface area (Å²) in [5.74, 6) is -0.0666. The highest BCUT2D eigenvalue weighted by Crippen LogP contribution is 2.32. The van der Waals surface area contributed by atoms with Gasteiger partial charge in [-0.2, -0.15) is 0 Å². The van der Waals surface area contributed by atoms with Crippen LogP contribution >= 0.6 is 0 Å². The number of hydrogen-bond acceptors (Lipinski definition) is 1. The standard InChI is InChI=1S/C13H16FN/c1-3-9(2)15-13-8-7-10-11(13)5-4-6-12(10)14/h3-6,9,13,15H,1,7-8H2,2H3. The summed E-state index contributed by atoms with van der Waals surface area (Å²) in [6, 6.07) is 5.89. The maximum absolute atomic E-state index is 13.4. The van der Waals surface area contributed by atoms with E-state index in [1.807, 2.05) is 12.1 Å². The molecule has 15 heavy (non-hydrogen) atoms. The number of rotatable bonds is 3. The lowest BCUT2D eigenvalue weighted by atomic mass is 10.1. The van der Waals surface area contributed by atoms with Gasteiger partial charge in [-0.25, -0.2) is 4.39 Å². The summed E-state index contributed by atoms with van der Waals surface area (Å²) >= 11 is 0. The molecule has 0 spiro atoms. The van der Waals surface area contributed by atoms with Crippen molar-refractivity contribution in [2.24, 2.45) is 0 Å². The van der Waals surface area contributed by atoms with E-state index in [1.54, 1.807) is 6.07 Å². The van der Waals surface area contributed by atoms with Gasteiger partial charge >= 0.3 is 0 Å². The van der Waals surface area contributed by atoms with Gasteiger partial charge in [-0.05, 0) is 37.0 Å². The molecule has 2 atom stereocenters. The predicted molar refractivity (Wildman–Crippen MR) is 60.3 cm³/mol. The molecule has 1 aromatic rings. The Hall–Kier alpha value is -1.15. The molecule has 0 saturated heterocycles. The summed E-state index contributed by atoms with van der Waals surface area (Å²) in [5.41, 5.74) is 2.00. The van der Waals surface area contributed by atoms with Gasteiger partial charge in [0.25, 0.3) is 0 Å². The molecule has 0 fully saturated rings. The van der Waals surface area contributed by atoms with Crippen LogP contribution < -0.4 is 5.32 Å². The molecule has 0 aromatic heterocycles. The second-order valence-corrected chi connectivity index (χ2v) is 4.09. The highest BCUT2D eigenvalue weighted by Gasteiger charge is 2.24. The zero-order chi connectivity index (χ0) is 10.8. The van der Waals surface area contributed by atoms with Crippen molar-refractivity contribution >= 4 is 0 Å². The highest BCUT2D eigenvalue weighted by atomic mass is 19.1. The van der Waals surface area contributed by atoms with E-state index in [9.17, 15) is 4.39 Å². The van der Waals surface area contributed by atoms with Crippen LogP contribution in [0.2, 0.25) is 0 Å². The van der Waals surface area contributed by atoms with Gasteiger partial charge in [-0.1, -0.05) is 18.2 Å². The molecule has 0 amide bonds. The number of benzene rings is 1. The normalized spacial score (nSPS) is 21.1. The lowest BCUT2D eigenvalue weighted by Crippen LogP contribution is -2.27. The number of halogens is 1. The minimum absolute atomic E-state index is 0.0666. The van der Waals surface area contributed by atoms with Crippen molar-refractivity contribution in [3.63, 3.8) is 0 Å². The van der Waals surface area contributed by atoms with Crippen LogP contribution in [0.25, 0.3) is 0 Å². The molecule has 2 unspecified atom stereocenters. The van der Waals surface area contributed by atoms with Crippen LogP contribution in [0.4, 0.5) is 4.39 Å². The molecule has 0 radical (unpaired) electrons. The SMILES string of the molecule is C=CC(C)NC1CCc2c(F)cccc21. The van der Waals surface area contributed by atoms with Crippen LogP contribution in [0.5, 0.6) is 0 Å². The molecule has 80 valence electrons. The molecular weight excluding hydrogens is 189 g/mol. The smallest absolute Gasteiger partial charge is 0.126 e. The Morgan fingerprint density at radius 1 is 1.60 bits per heavy atom. The summed E-state index contributed by atoms with van der Waals surface area (Å²) in [7, 11) is 0. The van der Waals surface area contributed by atoms with Crippen molar-refractivity contribution in [3.05, 3.63) is 47.8 Å². The molecule has 1 aliphatic carbocycles. The van der Waals surface area contributed by atoms with Crippen molar-refractivity contribution in [1.29, 1.82) is 0 Å². The van der Waals surface area contributed by atoms with E-state index >= 15 is 0 Å². The second kappa shape index (κ2) is 4.15. The molecule has 1 aliphatic rings. The van der Waals surface area contributed by atoms with Crippen molar-refractivity contribution < 1.29 is 4.39 Å². The average Bonchev–Trinajstić information content (AvgIpc) is 2.63. The van der Waals surface area contributed by atoms with E-state index in [-0.39, 0.29) is 17.9 Å². The molecule has 0 saturated carbocycles. The highest BCUT2D eigenvalue weighted by molar-refractivity contribution is 5.35. The predicted octanol–water partition coefficient (Wildman–Crippen LogP) is 2.98. The van der Waals surface area contributed by atoms with E-state index in [0.717, 1.165) is 24.0 Å². The van der Waals surface area contributed by atoms with Crippen LogP contribution in [-0.2, 0) is 6.42 Å². The Kier molecular flexibility index (Phi) is 2.87. The maximum atomic E-state index is 13.4. The number of fused-ring (bicyclic) bond motifs is 1. The van der Waals surface area contributed by atoms with Gasteiger partial charge in [0, 0.05) is 12.1 Å². The fourth-order valence-electron chi connectivity index (χ4n) is 2.17. The molecule has 0 bridgehead atoms. The van der Waals surface area contributed by atoms with Crippen LogP contribution in [0.15, 0.2) is 30.9 Å². The molecule has 1 aromatic carbocycles. The Balaban J connectivity index is 2.21. The fraction of sp³-hybridized carbons (Fsp3) is 0.385. The minimum Gasteiger partial charge on any atom is -0.304 e. The first-order valence-corrected chi connectivity index (χ1v) is 5.38. The van der Waals surface area contributed by atoms with E-state index in [4.69, 9.17) is 0 Å². The van der Waals surface area contributed by atoms with Crippen LogP contribution in [0.1, 0.15) is 30.5 Å². The maximum Gasteiger partial charge on any atom is 0.126 e.